The maximum absolute atomic E-state index is 2.38. The van der Waals surface area contributed by atoms with Crippen molar-refractivity contribution in [2.24, 2.45) is 5.92 Å². The van der Waals surface area contributed by atoms with Gasteiger partial charge in [-0.1, -0.05) is 60.8 Å². The molecule has 0 fully saturated rings. The molecule has 0 spiro atoms. The molecule has 0 bridgehead atoms. The highest BCUT2D eigenvalue weighted by Crippen LogP contribution is 2.40. The quantitative estimate of drug-likeness (QED) is 0.429. The van der Waals surface area contributed by atoms with Crippen LogP contribution < -0.4 is 0 Å². The van der Waals surface area contributed by atoms with E-state index in [9.17, 15) is 0 Å². The zero-order chi connectivity index (χ0) is 11.2. The lowest BCUT2D eigenvalue weighted by Gasteiger charge is -2.29. The van der Waals surface area contributed by atoms with Gasteiger partial charge in [-0.05, 0) is 23.2 Å². The molecule has 0 aromatic rings. The van der Waals surface area contributed by atoms with Crippen LogP contribution in [0.15, 0.2) is 0 Å². The van der Waals surface area contributed by atoms with Gasteiger partial charge in [-0.3, -0.25) is 0 Å². The van der Waals surface area contributed by atoms with E-state index in [2.05, 4.69) is 41.5 Å². The van der Waals surface area contributed by atoms with Crippen LogP contribution in [0, 0.1) is 5.92 Å². The summed E-state index contributed by atoms with van der Waals surface area (Å²) in [6.45, 7) is 14.2. The molecular weight excluding hydrogens is 187 g/mol. The Hall–Kier alpha value is 0.430. The molecule has 86 valence electrons. The van der Waals surface area contributed by atoms with Gasteiger partial charge in [0.2, 0.25) is 0 Å². The molecule has 0 saturated heterocycles. The van der Waals surface area contributed by atoms with Crippen molar-refractivity contribution in [2.75, 3.05) is 0 Å². The van der Waals surface area contributed by atoms with Crippen LogP contribution >= 0.6 is 8.58 Å². The minimum absolute atomic E-state index is 0.529. The lowest BCUT2D eigenvalue weighted by molar-refractivity contribution is 0.530. The van der Waals surface area contributed by atoms with Crippen molar-refractivity contribution in [1.82, 2.24) is 0 Å². The van der Waals surface area contributed by atoms with Crippen molar-refractivity contribution in [3.63, 3.8) is 0 Å². The van der Waals surface area contributed by atoms with Gasteiger partial charge in [0.15, 0.2) is 0 Å². The van der Waals surface area contributed by atoms with E-state index < -0.39 is 0 Å². The minimum atomic E-state index is 0.529. The van der Waals surface area contributed by atoms with E-state index in [1.54, 1.807) is 0 Å². The highest BCUT2D eigenvalue weighted by Gasteiger charge is 2.20. The lowest BCUT2D eigenvalue weighted by atomic mass is 10.0. The van der Waals surface area contributed by atoms with Crippen LogP contribution in [0.25, 0.3) is 0 Å². The zero-order valence-corrected chi connectivity index (χ0v) is 12.0. The molecule has 14 heavy (non-hydrogen) atoms. The Morgan fingerprint density at radius 2 is 1.64 bits per heavy atom. The Labute approximate surface area is 93.0 Å². The van der Waals surface area contributed by atoms with Crippen LogP contribution in [0.4, 0.5) is 0 Å². The normalized spacial score (nSPS) is 15.6. The van der Waals surface area contributed by atoms with Gasteiger partial charge in [0.1, 0.15) is 0 Å². The van der Waals surface area contributed by atoms with E-state index in [0.717, 1.165) is 20.2 Å². The molecule has 0 aliphatic rings. The van der Waals surface area contributed by atoms with Crippen LogP contribution in [0.5, 0.6) is 0 Å². The highest BCUT2D eigenvalue weighted by atomic mass is 31.1. The molecule has 0 rings (SSSR count). The summed E-state index contributed by atoms with van der Waals surface area (Å²) < 4.78 is 0. The third-order valence-corrected chi connectivity index (χ3v) is 4.73. The summed E-state index contributed by atoms with van der Waals surface area (Å²) in [6, 6.07) is 0. The van der Waals surface area contributed by atoms with Crippen molar-refractivity contribution in [2.45, 2.75) is 78.0 Å². The topological polar surface area (TPSA) is 0 Å². The molecule has 0 radical (unpaired) electrons. The van der Waals surface area contributed by atoms with Crippen LogP contribution in [0.3, 0.4) is 0 Å². The summed E-state index contributed by atoms with van der Waals surface area (Å²) in [5, 5.41) is 0.529. The standard InChI is InChI=1S/C13H29P/c1-7-8-9-10-12(11(2)3)14-13(4,5)6/h11-12,14H,7-10H2,1-6H3. The molecule has 0 saturated carbocycles. The first-order valence-corrected chi connectivity index (χ1v) is 7.22. The van der Waals surface area contributed by atoms with E-state index in [1.165, 1.54) is 25.7 Å². The number of unbranched alkanes of at least 4 members (excludes halogenated alkanes) is 2. The summed E-state index contributed by atoms with van der Waals surface area (Å²) in [7, 11) is 1.12. The van der Waals surface area contributed by atoms with E-state index in [1.807, 2.05) is 0 Å². The molecule has 2 atom stereocenters. The van der Waals surface area contributed by atoms with E-state index in [-0.39, 0.29) is 0 Å². The third-order valence-electron chi connectivity index (χ3n) is 2.54. The molecule has 2 unspecified atom stereocenters. The molecule has 0 nitrogen and oxygen atoms in total. The maximum atomic E-state index is 2.38. The predicted molar refractivity (Wildman–Crippen MR) is 70.8 cm³/mol. The van der Waals surface area contributed by atoms with Crippen molar-refractivity contribution >= 4 is 8.58 Å². The minimum Gasteiger partial charge on any atom is -0.113 e. The van der Waals surface area contributed by atoms with E-state index >= 15 is 0 Å². The summed E-state index contributed by atoms with van der Waals surface area (Å²) in [5.41, 5.74) is 0.960. The molecule has 0 heterocycles. The van der Waals surface area contributed by atoms with Gasteiger partial charge in [0.25, 0.3) is 0 Å². The van der Waals surface area contributed by atoms with Crippen molar-refractivity contribution in [3.8, 4) is 0 Å². The fraction of sp³-hybridized carbons (Fsp3) is 1.00. The first-order chi connectivity index (χ1) is 6.37. The Bertz CT molecular complexity index is 133. The van der Waals surface area contributed by atoms with Gasteiger partial charge in [-0.2, -0.15) is 0 Å². The maximum Gasteiger partial charge on any atom is -0.0204 e. The second-order valence-electron chi connectivity index (χ2n) is 5.74. The molecule has 1 heteroatoms. The van der Waals surface area contributed by atoms with E-state index in [0.29, 0.717) is 5.16 Å². The largest absolute Gasteiger partial charge is 0.113 e. The first kappa shape index (κ1) is 14.4. The van der Waals surface area contributed by atoms with Gasteiger partial charge < -0.3 is 0 Å². The predicted octanol–water partition coefficient (Wildman–Crippen LogP) is 5.07. The zero-order valence-electron chi connectivity index (χ0n) is 11.0. The Kier molecular flexibility index (Phi) is 7.04. The van der Waals surface area contributed by atoms with Crippen molar-refractivity contribution in [3.05, 3.63) is 0 Å². The second-order valence-corrected chi connectivity index (χ2v) is 8.27. The van der Waals surface area contributed by atoms with Crippen LogP contribution in [-0.2, 0) is 0 Å². The van der Waals surface area contributed by atoms with E-state index in [4.69, 9.17) is 0 Å². The molecular formula is C13H29P. The third kappa shape index (κ3) is 7.80. The fourth-order valence-corrected chi connectivity index (χ4v) is 3.54. The Morgan fingerprint density at radius 1 is 1.07 bits per heavy atom. The molecule has 0 aliphatic carbocycles. The van der Waals surface area contributed by atoms with Gasteiger partial charge in [-0.15, -0.1) is 8.58 Å². The fourth-order valence-electron chi connectivity index (χ4n) is 1.74. The number of rotatable bonds is 6. The molecule has 0 aliphatic heterocycles. The lowest BCUT2D eigenvalue weighted by Crippen LogP contribution is -2.17. The van der Waals surface area contributed by atoms with Crippen LogP contribution in [-0.4, -0.2) is 10.8 Å². The highest BCUT2D eigenvalue weighted by molar-refractivity contribution is 7.40. The molecule has 0 amide bonds. The van der Waals surface area contributed by atoms with Gasteiger partial charge in [-0.25, -0.2) is 0 Å². The SMILES string of the molecule is CCCCCC(PC(C)(C)C)C(C)C. The van der Waals surface area contributed by atoms with Gasteiger partial charge in [0, 0.05) is 0 Å². The van der Waals surface area contributed by atoms with Gasteiger partial charge >= 0.3 is 0 Å². The van der Waals surface area contributed by atoms with Crippen LogP contribution in [0.2, 0.25) is 0 Å². The Balaban J connectivity index is 3.91. The number of hydrogen-bond acceptors (Lipinski definition) is 0. The average Bonchev–Trinajstić information content (AvgIpc) is 2.00. The average molecular weight is 216 g/mol. The summed E-state index contributed by atoms with van der Waals surface area (Å²) in [4.78, 5) is 0. The first-order valence-electron chi connectivity index (χ1n) is 6.14. The van der Waals surface area contributed by atoms with Crippen molar-refractivity contribution in [1.29, 1.82) is 0 Å². The molecule has 0 aromatic carbocycles. The summed E-state index contributed by atoms with van der Waals surface area (Å²) in [5.74, 6) is 0.865. The summed E-state index contributed by atoms with van der Waals surface area (Å²) in [6.07, 6.45) is 5.64. The van der Waals surface area contributed by atoms with Gasteiger partial charge in [0.05, 0.1) is 0 Å². The Morgan fingerprint density at radius 3 is 2.00 bits per heavy atom. The summed E-state index contributed by atoms with van der Waals surface area (Å²) >= 11 is 0. The monoisotopic (exact) mass is 216 g/mol. The smallest absolute Gasteiger partial charge is 0.0204 e. The van der Waals surface area contributed by atoms with Crippen molar-refractivity contribution < 1.29 is 0 Å². The molecule has 0 N–H and O–H groups in total. The van der Waals surface area contributed by atoms with Crippen LogP contribution in [0.1, 0.15) is 67.2 Å². The second kappa shape index (κ2) is 6.83. The number of hydrogen-bond donors (Lipinski definition) is 0. The molecule has 0 aromatic heterocycles.